The van der Waals surface area contributed by atoms with Crippen LogP contribution in [0, 0.1) is 33.0 Å². The quantitative estimate of drug-likeness (QED) is 0.421. The summed E-state index contributed by atoms with van der Waals surface area (Å²) in [6.07, 6.45) is 18.6. The first-order valence-electron chi connectivity index (χ1n) is 15.2. The van der Waals surface area contributed by atoms with Crippen molar-refractivity contribution in [1.29, 1.82) is 0 Å². The number of ether oxygens (including phenoxy) is 1. The Morgan fingerprint density at radius 2 is 1.63 bits per heavy atom. The fraction of sp³-hybridized carbons (Fsp3) is 0.706. The highest BCUT2D eigenvalue weighted by Gasteiger charge is 2.67. The molecule has 6 atom stereocenters. The first kappa shape index (κ1) is 26.1. The van der Waals surface area contributed by atoms with Crippen LogP contribution in [0.5, 0.6) is 0 Å². The van der Waals surface area contributed by atoms with E-state index >= 15 is 0 Å². The van der Waals surface area contributed by atoms with Gasteiger partial charge in [-0.05, 0) is 117 Å². The summed E-state index contributed by atoms with van der Waals surface area (Å²) in [5.74, 6) is 0.930. The molecule has 4 fully saturated rings. The van der Waals surface area contributed by atoms with Gasteiger partial charge in [0.2, 0.25) is 11.7 Å². The molecule has 1 amide bonds. The molecular formula is C34H47NO3. The van der Waals surface area contributed by atoms with Crippen molar-refractivity contribution in [1.82, 2.24) is 0 Å². The van der Waals surface area contributed by atoms with Crippen molar-refractivity contribution in [3.8, 4) is 0 Å². The SMILES string of the molecule is CC1=C(OC2CCCC2)C(=O)C=C2C1=CC=C1[C@@]2(C)CC[C@@]2(C)[C@@H]3C[C@](C)(C(N)=O)CC[C@]3(C)CC[C@]12C. The molecule has 0 spiro atoms. The molecule has 0 aliphatic heterocycles. The highest BCUT2D eigenvalue weighted by atomic mass is 16.5. The van der Waals surface area contributed by atoms with E-state index in [1.165, 1.54) is 36.0 Å². The second kappa shape index (κ2) is 8.21. The summed E-state index contributed by atoms with van der Waals surface area (Å²) in [6, 6.07) is 0. The molecule has 38 heavy (non-hydrogen) atoms. The average molecular weight is 518 g/mol. The number of hydrogen-bond donors (Lipinski definition) is 1. The predicted molar refractivity (Wildman–Crippen MR) is 151 cm³/mol. The van der Waals surface area contributed by atoms with Gasteiger partial charge in [0.25, 0.3) is 0 Å². The molecule has 0 aromatic rings. The van der Waals surface area contributed by atoms with E-state index in [4.69, 9.17) is 10.5 Å². The Hall–Kier alpha value is -2.10. The first-order chi connectivity index (χ1) is 17.8. The van der Waals surface area contributed by atoms with Crippen molar-refractivity contribution >= 4 is 11.7 Å². The van der Waals surface area contributed by atoms with E-state index in [0.29, 0.717) is 11.7 Å². The third-order valence-corrected chi connectivity index (χ3v) is 13.0. The zero-order valence-corrected chi connectivity index (χ0v) is 24.5. The second-order valence-electron chi connectivity index (χ2n) is 15.0. The maximum atomic E-state index is 13.5. The number of carbonyl (C=O) groups excluding carboxylic acids is 2. The molecule has 0 aromatic carbocycles. The van der Waals surface area contributed by atoms with Crippen molar-refractivity contribution < 1.29 is 14.3 Å². The number of primary amides is 1. The zero-order valence-electron chi connectivity index (χ0n) is 24.5. The molecule has 6 rings (SSSR count). The summed E-state index contributed by atoms with van der Waals surface area (Å²) in [6.45, 7) is 14.1. The second-order valence-corrected chi connectivity index (χ2v) is 15.0. The molecule has 4 saturated carbocycles. The smallest absolute Gasteiger partial charge is 0.223 e. The number of ketones is 1. The van der Waals surface area contributed by atoms with Crippen LogP contribution < -0.4 is 5.73 Å². The Balaban J connectivity index is 1.41. The van der Waals surface area contributed by atoms with Crippen molar-refractivity contribution in [2.75, 3.05) is 0 Å². The Kier molecular flexibility index (Phi) is 5.65. The van der Waals surface area contributed by atoms with Crippen LogP contribution in [0.15, 0.2) is 46.3 Å². The molecular weight excluding hydrogens is 470 g/mol. The highest BCUT2D eigenvalue weighted by Crippen LogP contribution is 2.75. The Morgan fingerprint density at radius 1 is 0.947 bits per heavy atom. The maximum absolute atomic E-state index is 13.5. The summed E-state index contributed by atoms with van der Waals surface area (Å²) < 4.78 is 6.31. The molecule has 0 heterocycles. The molecule has 4 nitrogen and oxygen atoms in total. The van der Waals surface area contributed by atoms with Crippen LogP contribution in [0.1, 0.15) is 112 Å². The van der Waals surface area contributed by atoms with Crippen molar-refractivity contribution in [3.63, 3.8) is 0 Å². The zero-order chi connectivity index (χ0) is 27.3. The summed E-state index contributed by atoms with van der Waals surface area (Å²) in [4.78, 5) is 26.1. The number of rotatable bonds is 3. The largest absolute Gasteiger partial charge is 0.486 e. The molecule has 0 radical (unpaired) electrons. The van der Waals surface area contributed by atoms with Gasteiger partial charge >= 0.3 is 0 Å². The fourth-order valence-electron chi connectivity index (χ4n) is 9.99. The normalized spacial score (nSPS) is 44.7. The van der Waals surface area contributed by atoms with E-state index in [0.717, 1.165) is 56.9 Å². The van der Waals surface area contributed by atoms with Gasteiger partial charge in [-0.2, -0.15) is 0 Å². The van der Waals surface area contributed by atoms with Gasteiger partial charge in [0.15, 0.2) is 5.76 Å². The lowest BCUT2D eigenvalue weighted by Crippen LogP contribution is -2.62. The Morgan fingerprint density at radius 3 is 2.32 bits per heavy atom. The van der Waals surface area contributed by atoms with Gasteiger partial charge in [-0.15, -0.1) is 0 Å². The molecule has 6 aliphatic carbocycles. The Labute approximate surface area is 229 Å². The number of allylic oxidation sites excluding steroid dienone is 7. The van der Waals surface area contributed by atoms with Gasteiger partial charge < -0.3 is 10.5 Å². The molecule has 4 heteroatoms. The van der Waals surface area contributed by atoms with E-state index in [2.05, 4.69) is 53.7 Å². The van der Waals surface area contributed by atoms with E-state index < -0.39 is 5.41 Å². The van der Waals surface area contributed by atoms with E-state index in [1.807, 2.05) is 6.08 Å². The number of fused-ring (bicyclic) bond motifs is 7. The molecule has 206 valence electrons. The minimum atomic E-state index is -0.420. The molecule has 0 unspecified atom stereocenters. The van der Waals surface area contributed by atoms with Gasteiger partial charge in [0.05, 0.1) is 6.10 Å². The van der Waals surface area contributed by atoms with Gasteiger partial charge in [-0.1, -0.05) is 52.3 Å². The van der Waals surface area contributed by atoms with Gasteiger partial charge in [0, 0.05) is 16.4 Å². The van der Waals surface area contributed by atoms with Crippen molar-refractivity contribution in [3.05, 3.63) is 46.3 Å². The summed E-state index contributed by atoms with van der Waals surface area (Å²) in [5.41, 5.74) is 10.6. The minimum absolute atomic E-state index is 0.00420. The van der Waals surface area contributed by atoms with Gasteiger partial charge in [0.1, 0.15) is 0 Å². The Bertz CT molecular complexity index is 1230. The lowest BCUT2D eigenvalue weighted by atomic mass is 9.34. The van der Waals surface area contributed by atoms with E-state index in [-0.39, 0.29) is 39.5 Å². The number of amides is 1. The van der Waals surface area contributed by atoms with Crippen LogP contribution in [0.25, 0.3) is 0 Å². The molecule has 0 saturated heterocycles. The van der Waals surface area contributed by atoms with Crippen LogP contribution >= 0.6 is 0 Å². The van der Waals surface area contributed by atoms with Crippen LogP contribution in [-0.4, -0.2) is 17.8 Å². The highest BCUT2D eigenvalue weighted by molar-refractivity contribution is 6.07. The fourth-order valence-corrected chi connectivity index (χ4v) is 9.99. The van der Waals surface area contributed by atoms with E-state index in [9.17, 15) is 9.59 Å². The van der Waals surface area contributed by atoms with Gasteiger partial charge in [-0.3, -0.25) is 9.59 Å². The first-order valence-corrected chi connectivity index (χ1v) is 15.2. The number of hydrogen-bond acceptors (Lipinski definition) is 3. The standard InChI is InChI=1S/C34H47NO3/c1-21-23-11-12-26-32(4,24(23)19-25(36)28(21)38-22-9-7-8-10-22)16-18-34(6)27-20-31(3,29(35)37)14-13-30(27,2)15-17-33(26,34)5/h11-12,19,22,27H,7-10,13-18,20H2,1-6H3,(H2,35,37)/t27-,30-,31-,32+,33-,34+/m1/s1. The topological polar surface area (TPSA) is 69.4 Å². The number of carbonyl (C=O) groups is 2. The van der Waals surface area contributed by atoms with Gasteiger partial charge in [-0.25, -0.2) is 0 Å². The predicted octanol–water partition coefficient (Wildman–Crippen LogP) is 7.50. The maximum Gasteiger partial charge on any atom is 0.223 e. The minimum Gasteiger partial charge on any atom is -0.486 e. The van der Waals surface area contributed by atoms with Crippen molar-refractivity contribution in [2.45, 2.75) is 118 Å². The molecule has 2 N–H and O–H groups in total. The average Bonchev–Trinajstić information content (AvgIpc) is 3.38. The van der Waals surface area contributed by atoms with Crippen LogP contribution in [0.2, 0.25) is 0 Å². The molecule has 0 bridgehead atoms. The molecule has 6 aliphatic rings. The third kappa shape index (κ3) is 3.33. The lowest BCUT2D eigenvalue weighted by Gasteiger charge is -2.70. The lowest BCUT2D eigenvalue weighted by molar-refractivity contribution is -0.167. The summed E-state index contributed by atoms with van der Waals surface area (Å²) in [5, 5.41) is 0. The van der Waals surface area contributed by atoms with Crippen LogP contribution in [-0.2, 0) is 14.3 Å². The summed E-state index contributed by atoms with van der Waals surface area (Å²) >= 11 is 0. The van der Waals surface area contributed by atoms with Crippen molar-refractivity contribution in [2.24, 2.45) is 38.7 Å². The summed E-state index contributed by atoms with van der Waals surface area (Å²) in [7, 11) is 0. The van der Waals surface area contributed by atoms with Crippen LogP contribution in [0.4, 0.5) is 0 Å². The van der Waals surface area contributed by atoms with Crippen LogP contribution in [0.3, 0.4) is 0 Å². The third-order valence-electron chi connectivity index (χ3n) is 13.0. The molecule has 0 aromatic heterocycles. The number of nitrogens with two attached hydrogens (primary N) is 1. The monoisotopic (exact) mass is 517 g/mol. The van der Waals surface area contributed by atoms with E-state index in [1.54, 1.807) is 0 Å².